The van der Waals surface area contributed by atoms with E-state index in [9.17, 15) is 4.79 Å². The van der Waals surface area contributed by atoms with Crippen molar-refractivity contribution >= 4 is 39.8 Å². The average Bonchev–Trinajstić information content (AvgIpc) is 3.24. The number of benzene rings is 2. The van der Waals surface area contributed by atoms with Gasteiger partial charge in [0.1, 0.15) is 5.01 Å². The van der Waals surface area contributed by atoms with Crippen molar-refractivity contribution in [3.8, 4) is 11.3 Å². The normalized spacial score (nSPS) is 11.1. The molecule has 0 amide bonds. The minimum atomic E-state index is 0.0918. The predicted octanol–water partition coefficient (Wildman–Crippen LogP) is 4.97. The number of carbonyl (C=O) groups is 1. The second-order valence-corrected chi connectivity index (χ2v) is 7.99. The number of aromatic amines is 1. The van der Waals surface area contributed by atoms with E-state index in [2.05, 4.69) is 15.2 Å². The third-order valence-electron chi connectivity index (χ3n) is 3.88. The van der Waals surface area contributed by atoms with E-state index in [0.29, 0.717) is 5.75 Å². The first kappa shape index (κ1) is 16.1. The lowest BCUT2D eigenvalue weighted by Crippen LogP contribution is -2.03. The van der Waals surface area contributed by atoms with E-state index in [1.54, 1.807) is 0 Å². The maximum absolute atomic E-state index is 13.0. The van der Waals surface area contributed by atoms with Crippen molar-refractivity contribution in [2.24, 2.45) is 0 Å². The van der Waals surface area contributed by atoms with Gasteiger partial charge in [0.25, 0.3) is 0 Å². The standard InChI is InChI=1S/C19H15N3OS2/c1-12-21-22-19(25-12)24-11-16(23)17-14-9-5-6-10-15(14)20-18(17)13-7-3-2-4-8-13/h2-10,20H,11H2,1H3. The summed E-state index contributed by atoms with van der Waals surface area (Å²) < 4.78 is 0.826. The van der Waals surface area contributed by atoms with Crippen LogP contribution in [-0.4, -0.2) is 26.7 Å². The number of thioether (sulfide) groups is 1. The molecule has 0 radical (unpaired) electrons. The maximum Gasteiger partial charge on any atom is 0.175 e. The molecule has 0 aliphatic carbocycles. The van der Waals surface area contributed by atoms with Gasteiger partial charge in [0.2, 0.25) is 0 Å². The molecule has 0 spiro atoms. The SMILES string of the molecule is Cc1nnc(SCC(=O)c2c(-c3ccccc3)[nH]c3ccccc23)s1. The Kier molecular flexibility index (Phi) is 4.38. The van der Waals surface area contributed by atoms with Crippen LogP contribution in [0.3, 0.4) is 0 Å². The van der Waals surface area contributed by atoms with Crippen molar-refractivity contribution in [3.63, 3.8) is 0 Å². The highest BCUT2D eigenvalue weighted by atomic mass is 32.2. The van der Waals surface area contributed by atoms with Crippen LogP contribution in [0.15, 0.2) is 58.9 Å². The minimum Gasteiger partial charge on any atom is -0.354 e. The Morgan fingerprint density at radius 2 is 1.84 bits per heavy atom. The molecule has 0 bridgehead atoms. The lowest BCUT2D eigenvalue weighted by Gasteiger charge is -2.04. The van der Waals surface area contributed by atoms with Crippen LogP contribution < -0.4 is 0 Å². The summed E-state index contributed by atoms with van der Waals surface area (Å²) in [6, 6.07) is 17.9. The molecular formula is C19H15N3OS2. The summed E-state index contributed by atoms with van der Waals surface area (Å²) in [7, 11) is 0. The van der Waals surface area contributed by atoms with Crippen LogP contribution in [0.5, 0.6) is 0 Å². The minimum absolute atomic E-state index is 0.0918. The van der Waals surface area contributed by atoms with Gasteiger partial charge < -0.3 is 4.98 Å². The Hall–Kier alpha value is -2.44. The van der Waals surface area contributed by atoms with Crippen molar-refractivity contribution in [2.75, 3.05) is 5.75 Å². The third kappa shape index (κ3) is 3.23. The molecular weight excluding hydrogens is 350 g/mol. The van der Waals surface area contributed by atoms with Crippen LogP contribution in [0.4, 0.5) is 0 Å². The number of aromatic nitrogens is 3. The molecule has 2 heterocycles. The zero-order valence-electron chi connectivity index (χ0n) is 13.5. The molecule has 6 heteroatoms. The lowest BCUT2D eigenvalue weighted by atomic mass is 10.0. The number of fused-ring (bicyclic) bond motifs is 1. The van der Waals surface area contributed by atoms with Crippen molar-refractivity contribution < 1.29 is 4.79 Å². The van der Waals surface area contributed by atoms with E-state index < -0.39 is 0 Å². The van der Waals surface area contributed by atoms with E-state index in [4.69, 9.17) is 0 Å². The van der Waals surface area contributed by atoms with Crippen LogP contribution in [0.2, 0.25) is 0 Å². The number of para-hydroxylation sites is 1. The Balaban J connectivity index is 1.73. The molecule has 124 valence electrons. The van der Waals surface area contributed by atoms with Crippen molar-refractivity contribution in [3.05, 3.63) is 65.2 Å². The number of rotatable bonds is 5. The van der Waals surface area contributed by atoms with Gasteiger partial charge in [-0.25, -0.2) is 0 Å². The molecule has 25 heavy (non-hydrogen) atoms. The Morgan fingerprint density at radius 3 is 2.60 bits per heavy atom. The summed E-state index contributed by atoms with van der Waals surface area (Å²) in [6.07, 6.45) is 0. The van der Waals surface area contributed by atoms with E-state index in [-0.39, 0.29) is 5.78 Å². The highest BCUT2D eigenvalue weighted by Gasteiger charge is 2.20. The number of carbonyl (C=O) groups excluding carboxylic acids is 1. The number of Topliss-reactive ketones (excluding diaryl/α,β-unsaturated/α-hetero) is 1. The zero-order valence-corrected chi connectivity index (χ0v) is 15.2. The zero-order chi connectivity index (χ0) is 17.2. The summed E-state index contributed by atoms with van der Waals surface area (Å²) in [5.41, 5.74) is 3.61. The molecule has 0 saturated carbocycles. The van der Waals surface area contributed by atoms with Crippen molar-refractivity contribution in [2.45, 2.75) is 11.3 Å². The molecule has 0 fully saturated rings. The van der Waals surface area contributed by atoms with Gasteiger partial charge in [-0.05, 0) is 18.6 Å². The summed E-state index contributed by atoms with van der Waals surface area (Å²) in [6.45, 7) is 1.91. The highest BCUT2D eigenvalue weighted by Crippen LogP contribution is 2.32. The number of nitrogens with zero attached hydrogens (tertiary/aromatic N) is 2. The molecule has 1 N–H and O–H groups in total. The molecule has 2 aromatic heterocycles. The fourth-order valence-electron chi connectivity index (χ4n) is 2.79. The van der Waals surface area contributed by atoms with Gasteiger partial charge in [0.05, 0.1) is 17.0 Å². The van der Waals surface area contributed by atoms with Crippen LogP contribution in [0, 0.1) is 6.92 Å². The smallest absolute Gasteiger partial charge is 0.175 e. The number of ketones is 1. The number of aryl methyl sites for hydroxylation is 1. The van der Waals surface area contributed by atoms with Gasteiger partial charge in [-0.3, -0.25) is 4.79 Å². The molecule has 0 unspecified atom stereocenters. The van der Waals surface area contributed by atoms with Crippen molar-refractivity contribution in [1.29, 1.82) is 0 Å². The predicted molar refractivity (Wildman–Crippen MR) is 103 cm³/mol. The summed E-state index contributed by atoms with van der Waals surface area (Å²) >= 11 is 2.95. The van der Waals surface area contributed by atoms with Gasteiger partial charge >= 0.3 is 0 Å². The maximum atomic E-state index is 13.0. The summed E-state index contributed by atoms with van der Waals surface area (Å²) in [4.78, 5) is 16.4. The largest absolute Gasteiger partial charge is 0.354 e. The summed E-state index contributed by atoms with van der Waals surface area (Å²) in [5.74, 6) is 0.435. The van der Waals surface area contributed by atoms with Gasteiger partial charge in [-0.1, -0.05) is 71.6 Å². The molecule has 0 aliphatic rings. The fraction of sp³-hybridized carbons (Fsp3) is 0.105. The molecule has 0 saturated heterocycles. The lowest BCUT2D eigenvalue weighted by molar-refractivity contribution is 0.102. The molecule has 2 aromatic carbocycles. The van der Waals surface area contributed by atoms with Crippen LogP contribution in [-0.2, 0) is 0 Å². The second kappa shape index (κ2) is 6.82. The van der Waals surface area contributed by atoms with Crippen LogP contribution in [0.1, 0.15) is 15.4 Å². The number of H-pyrrole nitrogens is 1. The van der Waals surface area contributed by atoms with E-state index >= 15 is 0 Å². The van der Waals surface area contributed by atoms with Crippen molar-refractivity contribution in [1.82, 2.24) is 15.2 Å². The van der Waals surface area contributed by atoms with Gasteiger partial charge in [0.15, 0.2) is 10.1 Å². The molecule has 0 atom stereocenters. The molecule has 4 nitrogen and oxygen atoms in total. The quantitative estimate of drug-likeness (QED) is 0.401. The third-order valence-corrected chi connectivity index (χ3v) is 5.85. The van der Waals surface area contributed by atoms with Gasteiger partial charge in [-0.2, -0.15) is 0 Å². The number of hydrogen-bond donors (Lipinski definition) is 1. The van der Waals surface area contributed by atoms with Gasteiger partial charge in [-0.15, -0.1) is 10.2 Å². The Labute approximate surface area is 153 Å². The number of nitrogens with one attached hydrogen (secondary N) is 1. The molecule has 4 rings (SSSR count). The van der Waals surface area contributed by atoms with Gasteiger partial charge in [0, 0.05) is 10.9 Å². The Bertz CT molecular complexity index is 1040. The highest BCUT2D eigenvalue weighted by molar-refractivity contribution is 8.01. The van der Waals surface area contributed by atoms with E-state index in [0.717, 1.165) is 37.1 Å². The van der Waals surface area contributed by atoms with E-state index in [1.165, 1.54) is 23.1 Å². The first-order valence-electron chi connectivity index (χ1n) is 7.84. The monoisotopic (exact) mass is 365 g/mol. The topological polar surface area (TPSA) is 58.6 Å². The van der Waals surface area contributed by atoms with Crippen LogP contribution >= 0.6 is 23.1 Å². The van der Waals surface area contributed by atoms with Crippen LogP contribution in [0.25, 0.3) is 22.2 Å². The Morgan fingerprint density at radius 1 is 1.08 bits per heavy atom. The first-order chi connectivity index (χ1) is 12.2. The number of hydrogen-bond acceptors (Lipinski definition) is 5. The second-order valence-electron chi connectivity index (χ2n) is 5.59. The molecule has 4 aromatic rings. The average molecular weight is 365 g/mol. The van der Waals surface area contributed by atoms with E-state index in [1.807, 2.05) is 61.5 Å². The first-order valence-corrected chi connectivity index (χ1v) is 9.65. The summed E-state index contributed by atoms with van der Waals surface area (Å²) in [5, 5.41) is 9.95. The fourth-order valence-corrected chi connectivity index (χ4v) is 4.48. The molecule has 0 aliphatic heterocycles.